The van der Waals surface area contributed by atoms with E-state index in [9.17, 15) is 0 Å². The molecule has 1 aliphatic heterocycles. The third-order valence-electron chi connectivity index (χ3n) is 3.43. The van der Waals surface area contributed by atoms with Gasteiger partial charge in [0.1, 0.15) is 5.75 Å². The highest BCUT2D eigenvalue weighted by atomic mass is 79.9. The van der Waals surface area contributed by atoms with Gasteiger partial charge in [-0.1, -0.05) is 15.9 Å². The zero-order chi connectivity index (χ0) is 13.7. The van der Waals surface area contributed by atoms with Crippen molar-refractivity contribution in [3.8, 4) is 5.75 Å². The van der Waals surface area contributed by atoms with Crippen molar-refractivity contribution in [1.29, 1.82) is 0 Å². The molecule has 2 unspecified atom stereocenters. The summed E-state index contributed by atoms with van der Waals surface area (Å²) < 4.78 is 12.0. The van der Waals surface area contributed by atoms with E-state index in [4.69, 9.17) is 9.47 Å². The van der Waals surface area contributed by atoms with E-state index in [-0.39, 0.29) is 6.04 Å². The first-order valence-corrected chi connectivity index (χ1v) is 7.35. The average Bonchev–Trinajstić information content (AvgIpc) is 2.46. The second-order valence-corrected chi connectivity index (χ2v) is 5.60. The minimum absolute atomic E-state index is 0.242. The van der Waals surface area contributed by atoms with Crippen LogP contribution in [0.4, 0.5) is 0 Å². The number of rotatable bonds is 5. The summed E-state index contributed by atoms with van der Waals surface area (Å²) in [4.78, 5) is 0. The van der Waals surface area contributed by atoms with Gasteiger partial charge in [0.25, 0.3) is 0 Å². The van der Waals surface area contributed by atoms with Crippen LogP contribution in [-0.2, 0) is 4.74 Å². The summed E-state index contributed by atoms with van der Waals surface area (Å²) in [5.74, 6) is 0.916. The fourth-order valence-electron chi connectivity index (χ4n) is 2.43. The number of halogens is 1. The van der Waals surface area contributed by atoms with Gasteiger partial charge in [-0.2, -0.15) is 0 Å². The molecule has 5 heteroatoms. The normalized spacial score (nSPS) is 21.1. The SMILES string of the molecule is CNC(CC1COCCN1)c1cc(Br)ccc1OC. The Bertz CT molecular complexity index is 408. The number of hydrogen-bond acceptors (Lipinski definition) is 4. The minimum atomic E-state index is 0.242. The van der Waals surface area contributed by atoms with E-state index in [1.165, 1.54) is 5.56 Å². The Morgan fingerprint density at radius 1 is 1.58 bits per heavy atom. The van der Waals surface area contributed by atoms with E-state index >= 15 is 0 Å². The summed E-state index contributed by atoms with van der Waals surface area (Å²) >= 11 is 3.52. The molecule has 0 bridgehead atoms. The molecule has 2 rings (SSSR count). The highest BCUT2D eigenvalue weighted by Gasteiger charge is 2.21. The number of morpholine rings is 1. The average molecular weight is 329 g/mol. The van der Waals surface area contributed by atoms with Gasteiger partial charge in [-0.05, 0) is 31.7 Å². The van der Waals surface area contributed by atoms with Crippen LogP contribution in [0.25, 0.3) is 0 Å². The zero-order valence-corrected chi connectivity index (χ0v) is 13.0. The van der Waals surface area contributed by atoms with Crippen LogP contribution in [0.15, 0.2) is 22.7 Å². The maximum atomic E-state index is 5.51. The van der Waals surface area contributed by atoms with Crippen molar-refractivity contribution in [3.05, 3.63) is 28.2 Å². The number of benzene rings is 1. The Hall–Kier alpha value is -0.620. The summed E-state index contributed by atoms with van der Waals surface area (Å²) in [6.07, 6.45) is 0.976. The molecule has 2 N–H and O–H groups in total. The van der Waals surface area contributed by atoms with Gasteiger partial charge in [0.15, 0.2) is 0 Å². The fourth-order valence-corrected chi connectivity index (χ4v) is 2.81. The molecule has 0 saturated carbocycles. The quantitative estimate of drug-likeness (QED) is 0.868. The van der Waals surface area contributed by atoms with Crippen molar-refractivity contribution in [2.45, 2.75) is 18.5 Å². The van der Waals surface area contributed by atoms with E-state index in [0.717, 1.165) is 36.4 Å². The predicted octanol–water partition coefficient (Wildman–Crippen LogP) is 2.10. The Kier molecular flexibility index (Phi) is 5.63. The first kappa shape index (κ1) is 14.8. The molecule has 0 radical (unpaired) electrons. The maximum Gasteiger partial charge on any atom is 0.123 e. The lowest BCUT2D eigenvalue weighted by Crippen LogP contribution is -2.43. The summed E-state index contributed by atoms with van der Waals surface area (Å²) in [5.41, 5.74) is 1.17. The molecule has 1 aromatic rings. The molecule has 1 fully saturated rings. The molecule has 2 atom stereocenters. The topological polar surface area (TPSA) is 42.5 Å². The maximum absolute atomic E-state index is 5.51. The predicted molar refractivity (Wildman–Crippen MR) is 79.7 cm³/mol. The van der Waals surface area contributed by atoms with Gasteiger partial charge < -0.3 is 20.1 Å². The molecule has 0 aromatic heterocycles. The third-order valence-corrected chi connectivity index (χ3v) is 3.93. The molecule has 1 aromatic carbocycles. The third kappa shape index (κ3) is 3.92. The van der Waals surface area contributed by atoms with E-state index in [1.54, 1.807) is 7.11 Å². The highest BCUT2D eigenvalue weighted by molar-refractivity contribution is 9.10. The smallest absolute Gasteiger partial charge is 0.123 e. The molecule has 0 spiro atoms. The van der Waals surface area contributed by atoms with Gasteiger partial charge in [0, 0.05) is 28.7 Å². The lowest BCUT2D eigenvalue weighted by atomic mass is 9.98. The first-order chi connectivity index (χ1) is 9.24. The largest absolute Gasteiger partial charge is 0.496 e. The van der Waals surface area contributed by atoms with E-state index in [2.05, 4.69) is 32.6 Å². The van der Waals surface area contributed by atoms with Crippen molar-refractivity contribution < 1.29 is 9.47 Å². The second-order valence-electron chi connectivity index (χ2n) is 4.69. The van der Waals surface area contributed by atoms with Crippen LogP contribution in [0, 0.1) is 0 Å². The van der Waals surface area contributed by atoms with Gasteiger partial charge >= 0.3 is 0 Å². The van der Waals surface area contributed by atoms with Crippen molar-refractivity contribution in [3.63, 3.8) is 0 Å². The lowest BCUT2D eigenvalue weighted by Gasteiger charge is -2.28. The van der Waals surface area contributed by atoms with E-state index in [1.807, 2.05) is 19.2 Å². The van der Waals surface area contributed by atoms with Crippen LogP contribution in [-0.4, -0.2) is 40.0 Å². The van der Waals surface area contributed by atoms with Gasteiger partial charge in [0.2, 0.25) is 0 Å². The van der Waals surface area contributed by atoms with Gasteiger partial charge in [-0.15, -0.1) is 0 Å². The van der Waals surface area contributed by atoms with Crippen molar-refractivity contribution in [2.24, 2.45) is 0 Å². The molecule has 1 aliphatic rings. The number of nitrogens with one attached hydrogen (secondary N) is 2. The number of methoxy groups -OCH3 is 1. The van der Waals surface area contributed by atoms with Crippen molar-refractivity contribution in [2.75, 3.05) is 33.9 Å². The lowest BCUT2D eigenvalue weighted by molar-refractivity contribution is 0.0707. The Balaban J connectivity index is 2.13. The first-order valence-electron chi connectivity index (χ1n) is 6.56. The van der Waals surface area contributed by atoms with Crippen LogP contribution in [0.2, 0.25) is 0 Å². The Labute approximate surface area is 123 Å². The number of hydrogen-bond donors (Lipinski definition) is 2. The molecule has 4 nitrogen and oxygen atoms in total. The Morgan fingerprint density at radius 3 is 3.05 bits per heavy atom. The highest BCUT2D eigenvalue weighted by Crippen LogP contribution is 2.31. The second kappa shape index (κ2) is 7.24. The van der Waals surface area contributed by atoms with E-state index < -0.39 is 0 Å². The van der Waals surface area contributed by atoms with Crippen LogP contribution in [0.5, 0.6) is 5.75 Å². The molecular formula is C14H21BrN2O2. The summed E-state index contributed by atoms with van der Waals surface area (Å²) in [5, 5.41) is 6.86. The molecule has 106 valence electrons. The van der Waals surface area contributed by atoms with Gasteiger partial charge in [-0.3, -0.25) is 0 Å². The van der Waals surface area contributed by atoms with Gasteiger partial charge in [-0.25, -0.2) is 0 Å². The van der Waals surface area contributed by atoms with E-state index in [0.29, 0.717) is 6.04 Å². The summed E-state index contributed by atoms with van der Waals surface area (Å²) in [6, 6.07) is 6.73. The summed E-state index contributed by atoms with van der Waals surface area (Å²) in [7, 11) is 3.69. The van der Waals surface area contributed by atoms with Crippen LogP contribution in [0.3, 0.4) is 0 Å². The summed E-state index contributed by atoms with van der Waals surface area (Å²) in [6.45, 7) is 2.51. The molecule has 1 heterocycles. The van der Waals surface area contributed by atoms with Crippen molar-refractivity contribution >= 4 is 15.9 Å². The van der Waals surface area contributed by atoms with Crippen LogP contribution < -0.4 is 15.4 Å². The minimum Gasteiger partial charge on any atom is -0.496 e. The molecular weight excluding hydrogens is 308 g/mol. The molecule has 0 amide bonds. The standard InChI is InChI=1S/C14H21BrN2O2/c1-16-13(8-11-9-19-6-5-17-11)12-7-10(15)3-4-14(12)18-2/h3-4,7,11,13,16-17H,5-6,8-9H2,1-2H3. The molecule has 1 saturated heterocycles. The fraction of sp³-hybridized carbons (Fsp3) is 0.571. The monoisotopic (exact) mass is 328 g/mol. The zero-order valence-electron chi connectivity index (χ0n) is 11.4. The molecule has 0 aliphatic carbocycles. The van der Waals surface area contributed by atoms with Crippen LogP contribution in [0.1, 0.15) is 18.0 Å². The Morgan fingerprint density at radius 2 is 2.42 bits per heavy atom. The van der Waals surface area contributed by atoms with Crippen LogP contribution >= 0.6 is 15.9 Å². The van der Waals surface area contributed by atoms with Crippen molar-refractivity contribution in [1.82, 2.24) is 10.6 Å². The van der Waals surface area contributed by atoms with Gasteiger partial charge in [0.05, 0.1) is 20.3 Å². The molecule has 19 heavy (non-hydrogen) atoms. The number of ether oxygens (including phenoxy) is 2.